The number of rotatable bonds is 4. The minimum atomic E-state index is -0.339. The van der Waals surface area contributed by atoms with Crippen LogP contribution in [0.15, 0.2) is 48.1 Å². The first-order valence-corrected chi connectivity index (χ1v) is 6.70. The standard InChI is InChI=1S/C17H18O3/c1-12-5-3-8-16(9-12)20-17(19)15-7-4-6-14(11-15)10-13(2)18/h3-9,14H,10-11H2,1-2H3. The van der Waals surface area contributed by atoms with Crippen molar-refractivity contribution in [1.82, 2.24) is 0 Å². The molecule has 3 heteroatoms. The lowest BCUT2D eigenvalue weighted by Crippen LogP contribution is -2.16. The Morgan fingerprint density at radius 3 is 2.85 bits per heavy atom. The van der Waals surface area contributed by atoms with Gasteiger partial charge in [-0.2, -0.15) is 0 Å². The number of esters is 1. The lowest BCUT2D eigenvalue weighted by atomic mass is 9.90. The molecule has 0 saturated heterocycles. The fraction of sp³-hybridized carbons (Fsp3) is 0.294. The maximum Gasteiger partial charge on any atom is 0.339 e. The molecule has 1 aromatic carbocycles. The molecule has 1 aliphatic rings. The fourth-order valence-corrected chi connectivity index (χ4v) is 2.26. The Labute approximate surface area is 118 Å². The average Bonchev–Trinajstić information content (AvgIpc) is 2.38. The van der Waals surface area contributed by atoms with Gasteiger partial charge in [0.1, 0.15) is 11.5 Å². The third-order valence-corrected chi connectivity index (χ3v) is 3.17. The Morgan fingerprint density at radius 2 is 2.15 bits per heavy atom. The number of carbonyl (C=O) groups is 2. The Kier molecular flexibility index (Phi) is 4.51. The first-order valence-electron chi connectivity index (χ1n) is 6.70. The van der Waals surface area contributed by atoms with Crippen molar-refractivity contribution >= 4 is 11.8 Å². The molecule has 0 amide bonds. The van der Waals surface area contributed by atoms with Gasteiger partial charge in [-0.3, -0.25) is 0 Å². The highest BCUT2D eigenvalue weighted by Gasteiger charge is 2.19. The number of Topliss-reactive ketones (excluding diaryl/α,β-unsaturated/α-hetero) is 1. The Balaban J connectivity index is 2.01. The summed E-state index contributed by atoms with van der Waals surface area (Å²) in [7, 11) is 0. The van der Waals surface area contributed by atoms with Crippen molar-refractivity contribution in [2.24, 2.45) is 5.92 Å². The van der Waals surface area contributed by atoms with E-state index in [2.05, 4.69) is 0 Å². The molecule has 1 atom stereocenters. The van der Waals surface area contributed by atoms with Crippen molar-refractivity contribution in [3.8, 4) is 5.75 Å². The van der Waals surface area contributed by atoms with Crippen molar-refractivity contribution in [2.75, 3.05) is 0 Å². The van der Waals surface area contributed by atoms with Gasteiger partial charge in [-0.05, 0) is 43.9 Å². The Hall–Kier alpha value is -2.16. The van der Waals surface area contributed by atoms with Crippen molar-refractivity contribution < 1.29 is 14.3 Å². The summed E-state index contributed by atoms with van der Waals surface area (Å²) in [5.41, 5.74) is 1.66. The van der Waals surface area contributed by atoms with Crippen molar-refractivity contribution in [3.05, 3.63) is 53.6 Å². The second-order valence-electron chi connectivity index (χ2n) is 5.15. The minimum Gasteiger partial charge on any atom is -0.423 e. The first kappa shape index (κ1) is 14.3. The number of benzene rings is 1. The molecule has 3 nitrogen and oxygen atoms in total. The van der Waals surface area contributed by atoms with Crippen LogP contribution < -0.4 is 4.74 Å². The van der Waals surface area contributed by atoms with Crippen LogP contribution in [0.5, 0.6) is 5.75 Å². The summed E-state index contributed by atoms with van der Waals surface area (Å²) in [4.78, 5) is 23.2. The van der Waals surface area contributed by atoms with Gasteiger partial charge in [0, 0.05) is 12.0 Å². The number of ether oxygens (including phenoxy) is 1. The zero-order valence-corrected chi connectivity index (χ0v) is 11.8. The maximum atomic E-state index is 12.1. The second-order valence-corrected chi connectivity index (χ2v) is 5.15. The average molecular weight is 270 g/mol. The molecule has 0 aromatic heterocycles. The highest BCUT2D eigenvalue weighted by atomic mass is 16.5. The van der Waals surface area contributed by atoms with Crippen LogP contribution in [-0.4, -0.2) is 11.8 Å². The van der Waals surface area contributed by atoms with E-state index in [-0.39, 0.29) is 17.7 Å². The van der Waals surface area contributed by atoms with Gasteiger partial charge in [-0.25, -0.2) is 4.79 Å². The summed E-state index contributed by atoms with van der Waals surface area (Å²) in [6, 6.07) is 7.38. The van der Waals surface area contributed by atoms with Crippen molar-refractivity contribution in [1.29, 1.82) is 0 Å². The third kappa shape index (κ3) is 3.92. The van der Waals surface area contributed by atoms with Gasteiger partial charge in [0.05, 0.1) is 0 Å². The number of carbonyl (C=O) groups excluding carboxylic acids is 2. The molecule has 104 valence electrons. The zero-order valence-electron chi connectivity index (χ0n) is 11.8. The molecule has 1 aliphatic carbocycles. The summed E-state index contributed by atoms with van der Waals surface area (Å²) in [6.07, 6.45) is 6.57. The van der Waals surface area contributed by atoms with E-state index in [0.717, 1.165) is 5.56 Å². The number of hydrogen-bond acceptors (Lipinski definition) is 3. The van der Waals surface area contributed by atoms with Crippen molar-refractivity contribution in [2.45, 2.75) is 26.7 Å². The largest absolute Gasteiger partial charge is 0.423 e. The van der Waals surface area contributed by atoms with Gasteiger partial charge in [-0.1, -0.05) is 30.4 Å². The van der Waals surface area contributed by atoms with Gasteiger partial charge in [0.2, 0.25) is 0 Å². The summed E-state index contributed by atoms with van der Waals surface area (Å²) in [6.45, 7) is 3.51. The molecule has 0 N–H and O–H groups in total. The van der Waals surface area contributed by atoms with E-state index in [4.69, 9.17) is 4.74 Å². The molecule has 0 radical (unpaired) electrons. The molecular weight excluding hydrogens is 252 g/mol. The van der Waals surface area contributed by atoms with Crippen LogP contribution >= 0.6 is 0 Å². The van der Waals surface area contributed by atoms with Crippen LogP contribution in [-0.2, 0) is 9.59 Å². The third-order valence-electron chi connectivity index (χ3n) is 3.17. The van der Waals surface area contributed by atoms with Gasteiger partial charge in [0.25, 0.3) is 0 Å². The van der Waals surface area contributed by atoms with E-state index in [9.17, 15) is 9.59 Å². The Bertz CT molecular complexity index is 582. The van der Waals surface area contributed by atoms with Gasteiger partial charge in [-0.15, -0.1) is 0 Å². The van der Waals surface area contributed by atoms with Crippen LogP contribution in [0.25, 0.3) is 0 Å². The predicted octanol–water partition coefficient (Wildman–Crippen LogP) is 3.38. The lowest BCUT2D eigenvalue weighted by molar-refractivity contribution is -0.130. The normalized spacial score (nSPS) is 17.5. The molecule has 0 heterocycles. The number of ketones is 1. The number of hydrogen-bond donors (Lipinski definition) is 0. The maximum absolute atomic E-state index is 12.1. The first-order chi connectivity index (χ1) is 9.54. The van der Waals surface area contributed by atoms with Crippen LogP contribution in [0.2, 0.25) is 0 Å². The summed E-state index contributed by atoms with van der Waals surface area (Å²) >= 11 is 0. The molecule has 0 saturated carbocycles. The van der Waals surface area contributed by atoms with E-state index in [1.54, 1.807) is 19.1 Å². The quantitative estimate of drug-likeness (QED) is 0.622. The summed E-state index contributed by atoms with van der Waals surface area (Å²) in [5, 5.41) is 0. The minimum absolute atomic E-state index is 0.0950. The van der Waals surface area contributed by atoms with Crippen LogP contribution in [0.4, 0.5) is 0 Å². The summed E-state index contributed by atoms with van der Waals surface area (Å²) < 4.78 is 5.36. The monoisotopic (exact) mass is 270 g/mol. The van der Waals surface area contributed by atoms with Gasteiger partial charge >= 0.3 is 5.97 Å². The smallest absolute Gasteiger partial charge is 0.339 e. The molecular formula is C17H18O3. The van der Waals surface area contributed by atoms with Crippen LogP contribution in [0.3, 0.4) is 0 Å². The molecule has 0 fully saturated rings. The predicted molar refractivity (Wildman–Crippen MR) is 77.4 cm³/mol. The van der Waals surface area contributed by atoms with E-state index in [0.29, 0.717) is 24.2 Å². The molecule has 1 aromatic rings. The van der Waals surface area contributed by atoms with E-state index in [1.807, 2.05) is 37.3 Å². The molecule has 1 unspecified atom stereocenters. The zero-order chi connectivity index (χ0) is 14.5. The SMILES string of the molecule is CC(=O)CC1C=CC=C(C(=O)Oc2cccc(C)c2)C1. The van der Waals surface area contributed by atoms with Gasteiger partial charge < -0.3 is 9.53 Å². The lowest BCUT2D eigenvalue weighted by Gasteiger charge is -2.16. The summed E-state index contributed by atoms with van der Waals surface area (Å²) in [5.74, 6) is 0.438. The van der Waals surface area contributed by atoms with Crippen LogP contribution in [0, 0.1) is 12.8 Å². The molecule has 0 spiro atoms. The highest BCUT2D eigenvalue weighted by Crippen LogP contribution is 2.24. The number of allylic oxidation sites excluding steroid dienone is 3. The fourth-order valence-electron chi connectivity index (χ4n) is 2.26. The topological polar surface area (TPSA) is 43.4 Å². The van der Waals surface area contributed by atoms with Gasteiger partial charge in [0.15, 0.2) is 0 Å². The second kappa shape index (κ2) is 6.33. The van der Waals surface area contributed by atoms with E-state index in [1.165, 1.54) is 0 Å². The molecule has 2 rings (SSSR count). The number of aryl methyl sites for hydroxylation is 1. The molecule has 0 aliphatic heterocycles. The highest BCUT2D eigenvalue weighted by molar-refractivity contribution is 5.91. The van der Waals surface area contributed by atoms with E-state index < -0.39 is 0 Å². The molecule has 20 heavy (non-hydrogen) atoms. The van der Waals surface area contributed by atoms with Crippen LogP contribution in [0.1, 0.15) is 25.3 Å². The molecule has 0 bridgehead atoms. The van der Waals surface area contributed by atoms with E-state index >= 15 is 0 Å². The Morgan fingerprint density at radius 1 is 1.35 bits per heavy atom. The van der Waals surface area contributed by atoms with Crippen molar-refractivity contribution in [3.63, 3.8) is 0 Å².